The minimum atomic E-state index is -0.768. The van der Waals surface area contributed by atoms with Gasteiger partial charge in [0, 0.05) is 5.69 Å². The molecule has 1 heterocycles. The summed E-state index contributed by atoms with van der Waals surface area (Å²) in [7, 11) is 0. The fraction of sp³-hybridized carbons (Fsp3) is 0.179. The molecule has 1 N–H and O–H groups in total. The zero-order valence-corrected chi connectivity index (χ0v) is 21.6. The molecule has 0 saturated carbocycles. The first kappa shape index (κ1) is 25.5. The fourth-order valence-electron chi connectivity index (χ4n) is 3.57. The molecular formula is C28H26N2O4S2. The van der Waals surface area contributed by atoms with Crippen LogP contribution in [-0.2, 0) is 16.2 Å². The van der Waals surface area contributed by atoms with Crippen molar-refractivity contribution in [2.45, 2.75) is 26.5 Å². The van der Waals surface area contributed by atoms with Crippen molar-refractivity contribution in [1.82, 2.24) is 4.90 Å². The standard InChI is InChI=1S/C28H26N2O4S2/c1-3-33-23-14-12-22(13-15-23)29-26(31)19(2)30-27(32)25(36-28(30)35)17-21-10-7-11-24(16-21)34-18-20-8-5-4-6-9-20/h4-17,19H,3,18H2,1-2H3,(H,29,31)/b25-17-. The van der Waals surface area contributed by atoms with Crippen LogP contribution < -0.4 is 14.8 Å². The van der Waals surface area contributed by atoms with Gasteiger partial charge in [0.15, 0.2) is 0 Å². The third-order valence-corrected chi connectivity index (χ3v) is 6.76. The maximum Gasteiger partial charge on any atom is 0.266 e. The molecule has 1 saturated heterocycles. The van der Waals surface area contributed by atoms with Gasteiger partial charge >= 0.3 is 0 Å². The van der Waals surface area contributed by atoms with E-state index in [1.54, 1.807) is 37.3 Å². The van der Waals surface area contributed by atoms with Crippen molar-refractivity contribution in [1.29, 1.82) is 0 Å². The zero-order chi connectivity index (χ0) is 25.5. The van der Waals surface area contributed by atoms with E-state index in [1.807, 2.05) is 61.5 Å². The molecule has 0 aliphatic carbocycles. The molecule has 4 rings (SSSR count). The van der Waals surface area contributed by atoms with Gasteiger partial charge in [-0.15, -0.1) is 0 Å². The number of thiocarbonyl (C=S) groups is 1. The summed E-state index contributed by atoms with van der Waals surface area (Å²) in [6.07, 6.45) is 1.77. The van der Waals surface area contributed by atoms with E-state index in [9.17, 15) is 9.59 Å². The van der Waals surface area contributed by atoms with E-state index in [4.69, 9.17) is 21.7 Å². The van der Waals surface area contributed by atoms with Crippen molar-refractivity contribution in [2.24, 2.45) is 0 Å². The molecule has 0 spiro atoms. The summed E-state index contributed by atoms with van der Waals surface area (Å²) in [4.78, 5) is 27.8. The molecule has 1 unspecified atom stereocenters. The number of ether oxygens (including phenoxy) is 2. The van der Waals surface area contributed by atoms with Gasteiger partial charge in [-0.2, -0.15) is 0 Å². The molecule has 6 nitrogen and oxygen atoms in total. The van der Waals surface area contributed by atoms with Crippen molar-refractivity contribution in [3.8, 4) is 11.5 Å². The van der Waals surface area contributed by atoms with E-state index in [-0.39, 0.29) is 11.8 Å². The number of rotatable bonds is 9. The first-order chi connectivity index (χ1) is 17.4. The Hall–Kier alpha value is -3.62. The minimum absolute atomic E-state index is 0.296. The van der Waals surface area contributed by atoms with Crippen LogP contribution in [0.25, 0.3) is 6.08 Å². The zero-order valence-electron chi connectivity index (χ0n) is 20.0. The van der Waals surface area contributed by atoms with Gasteiger partial charge in [-0.25, -0.2) is 0 Å². The number of hydrogen-bond donors (Lipinski definition) is 1. The van der Waals surface area contributed by atoms with Crippen LogP contribution in [0.1, 0.15) is 25.0 Å². The van der Waals surface area contributed by atoms with E-state index < -0.39 is 6.04 Å². The molecule has 3 aromatic rings. The van der Waals surface area contributed by atoms with Gasteiger partial charge in [0.25, 0.3) is 5.91 Å². The molecule has 36 heavy (non-hydrogen) atoms. The van der Waals surface area contributed by atoms with E-state index >= 15 is 0 Å². The molecule has 1 aliphatic rings. The number of nitrogens with one attached hydrogen (secondary N) is 1. The Balaban J connectivity index is 1.41. The first-order valence-electron chi connectivity index (χ1n) is 11.5. The van der Waals surface area contributed by atoms with Crippen LogP contribution in [0.3, 0.4) is 0 Å². The van der Waals surface area contributed by atoms with E-state index in [2.05, 4.69) is 5.32 Å². The normalized spacial score (nSPS) is 15.2. The lowest BCUT2D eigenvalue weighted by molar-refractivity contribution is -0.129. The third kappa shape index (κ3) is 6.33. The molecule has 0 bridgehead atoms. The molecule has 3 aromatic carbocycles. The number of hydrogen-bond acceptors (Lipinski definition) is 6. The number of nitrogens with zero attached hydrogens (tertiary/aromatic N) is 1. The topological polar surface area (TPSA) is 67.9 Å². The molecule has 1 atom stereocenters. The van der Waals surface area contributed by atoms with Crippen LogP contribution in [0.5, 0.6) is 11.5 Å². The second-order valence-electron chi connectivity index (χ2n) is 8.02. The molecule has 8 heteroatoms. The predicted molar refractivity (Wildman–Crippen MR) is 148 cm³/mol. The summed E-state index contributed by atoms with van der Waals surface area (Å²) in [5.41, 5.74) is 2.50. The van der Waals surface area contributed by atoms with E-state index in [0.717, 1.165) is 16.9 Å². The number of benzene rings is 3. The number of thioether (sulfide) groups is 1. The summed E-state index contributed by atoms with van der Waals surface area (Å²) in [6.45, 7) is 4.59. The van der Waals surface area contributed by atoms with Crippen molar-refractivity contribution in [3.05, 3.63) is 94.9 Å². The molecular weight excluding hydrogens is 492 g/mol. The van der Waals surface area contributed by atoms with Crippen LogP contribution in [0, 0.1) is 0 Å². The van der Waals surface area contributed by atoms with E-state index in [1.165, 1.54) is 16.7 Å². The molecule has 2 amide bonds. The van der Waals surface area contributed by atoms with Gasteiger partial charge in [-0.1, -0.05) is 66.4 Å². The quantitative estimate of drug-likeness (QED) is 0.281. The average Bonchev–Trinajstić information content (AvgIpc) is 3.16. The lowest BCUT2D eigenvalue weighted by Crippen LogP contribution is -2.44. The van der Waals surface area contributed by atoms with Crippen molar-refractivity contribution >= 4 is 51.9 Å². The smallest absolute Gasteiger partial charge is 0.266 e. The maximum absolute atomic E-state index is 13.2. The van der Waals surface area contributed by atoms with E-state index in [0.29, 0.717) is 33.9 Å². The second-order valence-corrected chi connectivity index (χ2v) is 9.70. The number of carbonyl (C=O) groups excluding carboxylic acids is 2. The number of carbonyl (C=O) groups is 2. The molecule has 184 valence electrons. The Bertz CT molecular complexity index is 1280. The Morgan fingerprint density at radius 3 is 2.50 bits per heavy atom. The van der Waals surface area contributed by atoms with Crippen LogP contribution in [0.4, 0.5) is 5.69 Å². The molecule has 1 fully saturated rings. The summed E-state index contributed by atoms with van der Waals surface area (Å²) in [6, 6.07) is 23.7. The highest BCUT2D eigenvalue weighted by Gasteiger charge is 2.38. The Kier molecular flexibility index (Phi) is 8.40. The van der Waals surface area contributed by atoms with Crippen molar-refractivity contribution in [2.75, 3.05) is 11.9 Å². The van der Waals surface area contributed by atoms with Crippen LogP contribution in [-0.4, -0.2) is 33.7 Å². The SMILES string of the molecule is CCOc1ccc(NC(=O)C(C)N2C(=O)/C(=C/c3cccc(OCc4ccccc4)c3)SC2=S)cc1. The Morgan fingerprint density at radius 2 is 1.78 bits per heavy atom. The predicted octanol–water partition coefficient (Wildman–Crippen LogP) is 5.89. The monoisotopic (exact) mass is 518 g/mol. The van der Waals surface area contributed by atoms with Crippen LogP contribution >= 0.6 is 24.0 Å². The van der Waals surface area contributed by atoms with Crippen LogP contribution in [0.2, 0.25) is 0 Å². The van der Waals surface area contributed by atoms with Gasteiger partial charge < -0.3 is 14.8 Å². The van der Waals surface area contributed by atoms with Gasteiger partial charge in [-0.3, -0.25) is 14.5 Å². The molecule has 1 aliphatic heterocycles. The van der Waals surface area contributed by atoms with Gasteiger partial charge in [-0.05, 0) is 67.4 Å². The van der Waals surface area contributed by atoms with Gasteiger partial charge in [0.05, 0.1) is 11.5 Å². The van der Waals surface area contributed by atoms with Gasteiger partial charge in [0.1, 0.15) is 28.5 Å². The highest BCUT2D eigenvalue weighted by Crippen LogP contribution is 2.34. The van der Waals surface area contributed by atoms with Crippen molar-refractivity contribution < 1.29 is 19.1 Å². The van der Waals surface area contributed by atoms with Crippen LogP contribution in [0.15, 0.2) is 83.8 Å². The third-order valence-electron chi connectivity index (χ3n) is 5.43. The Morgan fingerprint density at radius 1 is 1.03 bits per heavy atom. The number of anilines is 1. The highest BCUT2D eigenvalue weighted by molar-refractivity contribution is 8.26. The molecule has 0 aromatic heterocycles. The van der Waals surface area contributed by atoms with Crippen molar-refractivity contribution in [3.63, 3.8) is 0 Å². The summed E-state index contributed by atoms with van der Waals surface area (Å²) < 4.78 is 11.7. The highest BCUT2D eigenvalue weighted by atomic mass is 32.2. The summed E-state index contributed by atoms with van der Waals surface area (Å²) >= 11 is 6.63. The summed E-state index contributed by atoms with van der Waals surface area (Å²) in [5.74, 6) is 0.800. The summed E-state index contributed by atoms with van der Waals surface area (Å²) in [5, 5.41) is 2.84. The largest absolute Gasteiger partial charge is 0.494 e. The average molecular weight is 519 g/mol. The fourth-order valence-corrected chi connectivity index (χ4v) is 4.98. The first-order valence-corrected chi connectivity index (χ1v) is 12.7. The maximum atomic E-state index is 13.2. The minimum Gasteiger partial charge on any atom is -0.494 e. The second kappa shape index (κ2) is 11.9. The molecule has 0 radical (unpaired) electrons. The lowest BCUT2D eigenvalue weighted by Gasteiger charge is -2.22. The van der Waals surface area contributed by atoms with Gasteiger partial charge in [0.2, 0.25) is 5.91 Å². The number of amides is 2. The lowest BCUT2D eigenvalue weighted by atomic mass is 10.2. The Labute approximate surface area is 220 Å².